The molecule has 4 rings (SSSR count). The predicted octanol–water partition coefficient (Wildman–Crippen LogP) is 3.50. The molecule has 8 heteroatoms. The van der Waals surface area contributed by atoms with Crippen molar-refractivity contribution in [3.8, 4) is 11.1 Å². The molecule has 3 aromatic rings. The van der Waals surface area contributed by atoms with E-state index in [1.165, 1.54) is 10.4 Å². The highest BCUT2D eigenvalue weighted by Gasteiger charge is 2.25. The second-order valence-electron chi connectivity index (χ2n) is 8.04. The molecule has 0 radical (unpaired) electrons. The minimum Gasteiger partial charge on any atom is -0.369 e. The van der Waals surface area contributed by atoms with E-state index in [9.17, 15) is 9.59 Å². The summed E-state index contributed by atoms with van der Waals surface area (Å²) in [7, 11) is 0. The third kappa shape index (κ3) is 4.54. The molecule has 7 nitrogen and oxygen atoms in total. The zero-order chi connectivity index (χ0) is 22.0. The Bertz CT molecular complexity index is 1100. The van der Waals surface area contributed by atoms with Gasteiger partial charge in [0.2, 0.25) is 11.8 Å². The fraction of sp³-hybridized carbons (Fsp3) is 0.391. The summed E-state index contributed by atoms with van der Waals surface area (Å²) < 4.78 is 0. The number of fused-ring (bicyclic) bond motifs is 1. The van der Waals surface area contributed by atoms with Gasteiger partial charge in [0.25, 0.3) is 0 Å². The van der Waals surface area contributed by atoms with Gasteiger partial charge in [-0.25, -0.2) is 9.97 Å². The van der Waals surface area contributed by atoms with Crippen LogP contribution in [0.3, 0.4) is 0 Å². The number of carbonyl (C=O) groups excluding carboxylic acids is 2. The number of amides is 2. The van der Waals surface area contributed by atoms with Gasteiger partial charge in [0.1, 0.15) is 17.0 Å². The third-order valence-electron chi connectivity index (χ3n) is 5.89. The van der Waals surface area contributed by atoms with Crippen LogP contribution in [-0.2, 0) is 9.59 Å². The van der Waals surface area contributed by atoms with Crippen molar-refractivity contribution in [1.29, 1.82) is 0 Å². The van der Waals surface area contributed by atoms with E-state index in [1.807, 2.05) is 4.90 Å². The highest BCUT2D eigenvalue weighted by atomic mass is 32.1. The predicted molar refractivity (Wildman–Crippen MR) is 124 cm³/mol. The Morgan fingerprint density at radius 1 is 1.16 bits per heavy atom. The van der Waals surface area contributed by atoms with Gasteiger partial charge in [-0.1, -0.05) is 29.8 Å². The summed E-state index contributed by atoms with van der Waals surface area (Å²) in [5, 5.41) is 4.36. The molecule has 2 aromatic heterocycles. The summed E-state index contributed by atoms with van der Waals surface area (Å²) in [5.74, 6) is 0.460. The summed E-state index contributed by atoms with van der Waals surface area (Å²) in [5.41, 5.74) is 8.88. The maximum Gasteiger partial charge on any atom is 0.224 e. The Morgan fingerprint density at radius 2 is 1.87 bits per heavy atom. The van der Waals surface area contributed by atoms with Crippen LogP contribution in [0.25, 0.3) is 21.3 Å². The topological polar surface area (TPSA) is 101 Å². The standard InChI is InChI=1S/C23H27N5O2S/c1-14-3-5-16(6-4-14)19-15(2)31-23-20(19)22(26-13-27-23)25-10-7-18(29)28-11-8-17(9-12-28)21(24)30/h3-6,13,17H,7-12H2,1-2H3,(H2,24,30)(H,25,26,27). The highest BCUT2D eigenvalue weighted by Crippen LogP contribution is 2.40. The normalized spacial score (nSPS) is 14.7. The summed E-state index contributed by atoms with van der Waals surface area (Å²) >= 11 is 1.65. The minimum atomic E-state index is -0.267. The quantitative estimate of drug-likeness (QED) is 0.615. The summed E-state index contributed by atoms with van der Waals surface area (Å²) in [6.07, 6.45) is 3.23. The number of piperidine rings is 1. The van der Waals surface area contributed by atoms with Crippen molar-refractivity contribution in [2.45, 2.75) is 33.1 Å². The first-order valence-electron chi connectivity index (χ1n) is 10.6. The molecule has 1 saturated heterocycles. The highest BCUT2D eigenvalue weighted by molar-refractivity contribution is 7.19. The van der Waals surface area contributed by atoms with Crippen LogP contribution in [0.2, 0.25) is 0 Å². The van der Waals surface area contributed by atoms with Crippen LogP contribution in [0, 0.1) is 19.8 Å². The van der Waals surface area contributed by atoms with Gasteiger partial charge in [-0.2, -0.15) is 0 Å². The molecule has 0 aliphatic carbocycles. The van der Waals surface area contributed by atoms with Crippen LogP contribution in [0.1, 0.15) is 29.7 Å². The van der Waals surface area contributed by atoms with E-state index < -0.39 is 0 Å². The van der Waals surface area contributed by atoms with Crippen molar-refractivity contribution >= 4 is 39.2 Å². The Balaban J connectivity index is 1.46. The number of carbonyl (C=O) groups is 2. The maximum absolute atomic E-state index is 12.6. The monoisotopic (exact) mass is 437 g/mol. The first kappa shape index (κ1) is 21.2. The Labute approximate surface area is 185 Å². The van der Waals surface area contributed by atoms with Crippen molar-refractivity contribution in [3.63, 3.8) is 0 Å². The van der Waals surface area contributed by atoms with Crippen molar-refractivity contribution in [3.05, 3.63) is 41.0 Å². The van der Waals surface area contributed by atoms with Crippen molar-refractivity contribution < 1.29 is 9.59 Å². The Kier molecular flexibility index (Phi) is 6.18. The molecule has 162 valence electrons. The molecule has 0 atom stereocenters. The van der Waals surface area contributed by atoms with Gasteiger partial charge in [-0.15, -0.1) is 11.3 Å². The number of primary amides is 1. The van der Waals surface area contributed by atoms with Crippen LogP contribution >= 0.6 is 11.3 Å². The third-order valence-corrected chi connectivity index (χ3v) is 6.90. The minimum absolute atomic E-state index is 0.0842. The molecule has 1 fully saturated rings. The fourth-order valence-corrected chi connectivity index (χ4v) is 5.12. The van der Waals surface area contributed by atoms with E-state index in [0.717, 1.165) is 27.2 Å². The van der Waals surface area contributed by atoms with Gasteiger partial charge in [0.05, 0.1) is 5.39 Å². The lowest BCUT2D eigenvalue weighted by atomic mass is 9.96. The number of rotatable bonds is 6. The summed E-state index contributed by atoms with van der Waals surface area (Å²) in [6.45, 7) is 5.84. The van der Waals surface area contributed by atoms with Crippen molar-refractivity contribution in [2.24, 2.45) is 11.7 Å². The van der Waals surface area contributed by atoms with Gasteiger partial charge in [0.15, 0.2) is 0 Å². The smallest absolute Gasteiger partial charge is 0.224 e. The van der Waals surface area contributed by atoms with Gasteiger partial charge in [-0.05, 0) is 32.3 Å². The second-order valence-corrected chi connectivity index (χ2v) is 9.24. The number of aromatic nitrogens is 2. The average molecular weight is 438 g/mol. The molecule has 1 aliphatic heterocycles. The van der Waals surface area contributed by atoms with Gasteiger partial charge in [0, 0.05) is 42.4 Å². The van der Waals surface area contributed by atoms with Gasteiger partial charge in [-0.3, -0.25) is 9.59 Å². The second kappa shape index (κ2) is 9.01. The van der Waals surface area contributed by atoms with Gasteiger partial charge < -0.3 is 16.0 Å². The Hall–Kier alpha value is -3.00. The number of hydrogen-bond donors (Lipinski definition) is 2. The Morgan fingerprint density at radius 3 is 2.55 bits per heavy atom. The number of nitrogens with two attached hydrogens (primary N) is 1. The summed E-state index contributed by atoms with van der Waals surface area (Å²) in [6, 6.07) is 8.46. The molecular formula is C23H27N5O2S. The molecule has 0 bridgehead atoms. The van der Waals surface area contributed by atoms with E-state index >= 15 is 0 Å². The maximum atomic E-state index is 12.6. The van der Waals surface area contributed by atoms with E-state index in [4.69, 9.17) is 5.73 Å². The first-order chi connectivity index (χ1) is 14.9. The van der Waals surface area contributed by atoms with Crippen LogP contribution < -0.4 is 11.1 Å². The largest absolute Gasteiger partial charge is 0.369 e. The fourth-order valence-electron chi connectivity index (χ4n) is 4.11. The molecule has 1 aliphatic rings. The van der Waals surface area contributed by atoms with Crippen LogP contribution in [0.15, 0.2) is 30.6 Å². The first-order valence-corrected chi connectivity index (χ1v) is 11.4. The number of nitrogens with zero attached hydrogens (tertiary/aromatic N) is 3. The SMILES string of the molecule is Cc1ccc(-c2c(C)sc3ncnc(NCCC(=O)N4CCC(C(N)=O)CC4)c23)cc1. The number of aryl methyl sites for hydroxylation is 2. The van der Waals surface area contributed by atoms with Gasteiger partial charge >= 0.3 is 0 Å². The van der Waals surface area contributed by atoms with Crippen LogP contribution in [0.5, 0.6) is 0 Å². The lowest BCUT2D eigenvalue weighted by Gasteiger charge is -2.30. The van der Waals surface area contributed by atoms with Crippen molar-refractivity contribution in [1.82, 2.24) is 14.9 Å². The molecule has 0 saturated carbocycles. The molecule has 3 heterocycles. The van der Waals surface area contributed by atoms with E-state index in [2.05, 4.69) is 53.4 Å². The van der Waals surface area contributed by atoms with Crippen LogP contribution in [-0.4, -0.2) is 46.3 Å². The number of nitrogens with one attached hydrogen (secondary N) is 1. The summed E-state index contributed by atoms with van der Waals surface area (Å²) in [4.78, 5) is 36.8. The number of anilines is 1. The lowest BCUT2D eigenvalue weighted by molar-refractivity contribution is -0.134. The van der Waals surface area contributed by atoms with Crippen molar-refractivity contribution in [2.75, 3.05) is 25.0 Å². The lowest BCUT2D eigenvalue weighted by Crippen LogP contribution is -2.42. The van der Waals surface area contributed by atoms with E-state index in [1.54, 1.807) is 17.7 Å². The molecule has 3 N–H and O–H groups in total. The average Bonchev–Trinajstić information content (AvgIpc) is 3.11. The van der Waals surface area contributed by atoms with Crippen LogP contribution in [0.4, 0.5) is 5.82 Å². The molecule has 0 spiro atoms. The molecule has 2 amide bonds. The van der Waals surface area contributed by atoms with E-state index in [-0.39, 0.29) is 17.7 Å². The molecule has 0 unspecified atom stereocenters. The molecule has 1 aromatic carbocycles. The zero-order valence-electron chi connectivity index (χ0n) is 17.9. The number of likely N-dealkylation sites (tertiary alicyclic amines) is 1. The molecular weight excluding hydrogens is 410 g/mol. The molecule has 31 heavy (non-hydrogen) atoms. The number of benzene rings is 1. The number of thiophene rings is 1. The van der Waals surface area contributed by atoms with E-state index in [0.29, 0.717) is 38.9 Å². The number of hydrogen-bond acceptors (Lipinski definition) is 6. The zero-order valence-corrected chi connectivity index (χ0v) is 18.7.